The number of aryl methyl sites for hydroxylation is 3. The van der Waals surface area contributed by atoms with Crippen LogP contribution in [0.15, 0.2) is 48.7 Å². The maximum Gasteiger partial charge on any atom is 0.491 e. The Labute approximate surface area is 264 Å². The molecule has 242 valence electrons. The number of hydrogen-bond acceptors (Lipinski definition) is 8. The number of carbonyl (C=O) groups excluding carboxylic acids is 2. The second-order valence-electron chi connectivity index (χ2n) is 13.4. The van der Waals surface area contributed by atoms with E-state index in [0.29, 0.717) is 29.7 Å². The number of esters is 2. The lowest BCUT2D eigenvalue weighted by molar-refractivity contribution is -0.204. The van der Waals surface area contributed by atoms with Crippen molar-refractivity contribution in [1.82, 2.24) is 24.9 Å². The van der Waals surface area contributed by atoms with Crippen LogP contribution in [0.25, 0.3) is 11.0 Å². The molecule has 0 N–H and O–H groups in total. The van der Waals surface area contributed by atoms with Gasteiger partial charge < -0.3 is 9.47 Å². The Bertz CT molecular complexity index is 1850. The van der Waals surface area contributed by atoms with Crippen LogP contribution >= 0.6 is 0 Å². The summed E-state index contributed by atoms with van der Waals surface area (Å²) in [4.78, 5) is 32.2. The molecule has 0 radical (unpaired) electrons. The quantitative estimate of drug-likeness (QED) is 0.191. The van der Waals surface area contributed by atoms with Crippen molar-refractivity contribution in [3.63, 3.8) is 0 Å². The molecule has 46 heavy (non-hydrogen) atoms. The molecule has 2 aromatic carbocycles. The van der Waals surface area contributed by atoms with Crippen LogP contribution < -0.4 is 4.74 Å². The van der Waals surface area contributed by atoms with Crippen molar-refractivity contribution in [3.8, 4) is 5.75 Å². The Balaban J connectivity index is 1.45. The predicted octanol–water partition coefficient (Wildman–Crippen LogP) is 6.12. The van der Waals surface area contributed by atoms with Crippen LogP contribution in [0.4, 0.5) is 13.2 Å². The topological polar surface area (TPSA) is 99.4 Å². The Morgan fingerprint density at radius 3 is 2.61 bits per heavy atom. The summed E-state index contributed by atoms with van der Waals surface area (Å²) in [5, 5.41) is 8.43. The van der Waals surface area contributed by atoms with Gasteiger partial charge in [-0.1, -0.05) is 29.5 Å². The summed E-state index contributed by atoms with van der Waals surface area (Å²) in [7, 11) is 1.76. The third-order valence-electron chi connectivity index (χ3n) is 9.22. The van der Waals surface area contributed by atoms with Gasteiger partial charge in [0, 0.05) is 38.3 Å². The van der Waals surface area contributed by atoms with Crippen LogP contribution in [0.2, 0.25) is 0 Å². The Hall–Kier alpha value is -4.32. The normalized spacial score (nSPS) is 18.8. The third-order valence-corrected chi connectivity index (χ3v) is 9.22. The zero-order chi connectivity index (χ0) is 33.2. The first-order valence-corrected chi connectivity index (χ1v) is 15.2. The second-order valence-corrected chi connectivity index (χ2v) is 13.4. The molecule has 4 aromatic rings. The van der Waals surface area contributed by atoms with Gasteiger partial charge in [-0.3, -0.25) is 14.7 Å². The van der Waals surface area contributed by atoms with Crippen LogP contribution in [0.5, 0.6) is 5.75 Å². The first-order chi connectivity index (χ1) is 21.6. The highest BCUT2D eigenvalue weighted by Crippen LogP contribution is 2.47. The van der Waals surface area contributed by atoms with Crippen LogP contribution in [0.3, 0.4) is 0 Å². The summed E-state index contributed by atoms with van der Waals surface area (Å²) in [6, 6.07) is 13.5. The maximum atomic E-state index is 13.5. The number of nitrogens with zero attached hydrogens (tertiary/aromatic N) is 5. The van der Waals surface area contributed by atoms with E-state index in [1.54, 1.807) is 17.9 Å². The molecule has 0 unspecified atom stereocenters. The highest BCUT2D eigenvalue weighted by molar-refractivity contribution is 5.92. The van der Waals surface area contributed by atoms with Gasteiger partial charge in [-0.2, -0.15) is 13.2 Å². The molecule has 2 aromatic heterocycles. The maximum absolute atomic E-state index is 13.5. The lowest BCUT2D eigenvalue weighted by Crippen LogP contribution is -2.41. The van der Waals surface area contributed by atoms with E-state index in [2.05, 4.69) is 31.0 Å². The molecule has 2 aliphatic rings. The molecule has 9 nitrogen and oxygen atoms in total. The number of halogens is 3. The molecule has 0 bridgehead atoms. The molecular weight excluding hydrogens is 599 g/mol. The number of benzene rings is 2. The van der Waals surface area contributed by atoms with E-state index in [4.69, 9.17) is 4.74 Å². The van der Waals surface area contributed by atoms with Crippen molar-refractivity contribution in [1.29, 1.82) is 0 Å². The van der Waals surface area contributed by atoms with Gasteiger partial charge in [0.05, 0.1) is 16.6 Å². The molecule has 1 aliphatic carbocycles. The largest absolute Gasteiger partial charge is 0.491 e. The van der Waals surface area contributed by atoms with Gasteiger partial charge in [-0.15, -0.1) is 5.10 Å². The minimum absolute atomic E-state index is 0.0110. The number of alkyl halides is 3. The summed E-state index contributed by atoms with van der Waals surface area (Å²) in [6.07, 6.45) is -1.86. The number of ether oxygens (including phenoxy) is 2. The highest BCUT2D eigenvalue weighted by atomic mass is 19.4. The average molecular weight is 636 g/mol. The molecule has 1 aliphatic heterocycles. The number of hydrogen-bond donors (Lipinski definition) is 0. The van der Waals surface area contributed by atoms with E-state index in [1.807, 2.05) is 57.2 Å². The minimum atomic E-state index is -5.31. The van der Waals surface area contributed by atoms with E-state index in [-0.39, 0.29) is 6.04 Å². The zero-order valence-corrected chi connectivity index (χ0v) is 26.6. The molecule has 6 rings (SSSR count). The number of rotatable bonds is 5. The van der Waals surface area contributed by atoms with Crippen molar-refractivity contribution in [2.75, 3.05) is 6.54 Å². The van der Waals surface area contributed by atoms with E-state index in [9.17, 15) is 22.8 Å². The summed E-state index contributed by atoms with van der Waals surface area (Å²) in [6.45, 7) is 10.2. The Morgan fingerprint density at radius 2 is 1.87 bits per heavy atom. The number of aromatic nitrogens is 4. The van der Waals surface area contributed by atoms with Crippen molar-refractivity contribution in [2.24, 2.45) is 12.5 Å². The van der Waals surface area contributed by atoms with Gasteiger partial charge in [-0.05, 0) is 93.5 Å². The standard InChI is InChI=1S/C34H36F3N5O4/c1-19-22(12-14-26-29(19)39-40-41(26)6)28(33(4,5)30(43)45-31(44)34(35,36)37)21-10-9-20-11-13-25(23(20)16-21)42-17-24-27(8-7-15-38-24)46-32(2,3)18-42/h7-10,12,14-16,25,28H,11,13,17-18H2,1-6H3/t25-,28+/m0/s1. The first kappa shape index (κ1) is 31.7. The average Bonchev–Trinajstić information content (AvgIpc) is 3.53. The van der Waals surface area contributed by atoms with Crippen LogP contribution in [0, 0.1) is 12.3 Å². The van der Waals surface area contributed by atoms with Gasteiger partial charge in [0.1, 0.15) is 16.9 Å². The lowest BCUT2D eigenvalue weighted by atomic mass is 9.69. The summed E-state index contributed by atoms with van der Waals surface area (Å²) in [5.41, 5.74) is 4.48. The fourth-order valence-electron chi connectivity index (χ4n) is 7.02. The van der Waals surface area contributed by atoms with E-state index in [1.165, 1.54) is 13.8 Å². The van der Waals surface area contributed by atoms with Gasteiger partial charge in [0.2, 0.25) is 0 Å². The molecule has 0 amide bonds. The van der Waals surface area contributed by atoms with Gasteiger partial charge in [0.15, 0.2) is 0 Å². The van der Waals surface area contributed by atoms with Gasteiger partial charge in [-0.25, -0.2) is 9.48 Å². The summed E-state index contributed by atoms with van der Waals surface area (Å²) in [5.74, 6) is -3.85. The molecule has 0 spiro atoms. The molecule has 3 heterocycles. The number of fused-ring (bicyclic) bond motifs is 3. The Morgan fingerprint density at radius 1 is 1.11 bits per heavy atom. The molecule has 12 heteroatoms. The van der Waals surface area contributed by atoms with E-state index < -0.39 is 35.0 Å². The Kier molecular flexibility index (Phi) is 7.70. The summed E-state index contributed by atoms with van der Waals surface area (Å²) >= 11 is 0. The molecular formula is C34H36F3N5O4. The van der Waals surface area contributed by atoms with Gasteiger partial charge >= 0.3 is 18.1 Å². The SMILES string of the molecule is Cc1c([C@@H](c2ccc3c(c2)[C@@H](N2Cc4ncccc4OC(C)(C)C2)CC3)C(C)(C)C(=O)OC(=O)C(F)(F)F)ccc2c1nnn2C. The molecule has 2 atom stereocenters. The zero-order valence-electron chi connectivity index (χ0n) is 26.6. The molecule has 0 saturated heterocycles. The fourth-order valence-corrected chi connectivity index (χ4v) is 7.02. The second kappa shape index (κ2) is 11.2. The molecule has 0 saturated carbocycles. The van der Waals surface area contributed by atoms with Crippen LogP contribution in [-0.4, -0.2) is 55.1 Å². The van der Waals surface area contributed by atoms with Crippen molar-refractivity contribution in [3.05, 3.63) is 82.2 Å². The smallest absolute Gasteiger partial charge is 0.485 e. The molecule has 0 fully saturated rings. The van der Waals surface area contributed by atoms with Crippen molar-refractivity contribution in [2.45, 2.75) is 77.7 Å². The van der Waals surface area contributed by atoms with Crippen LogP contribution in [0.1, 0.15) is 79.6 Å². The van der Waals surface area contributed by atoms with Crippen molar-refractivity contribution >= 4 is 23.0 Å². The van der Waals surface area contributed by atoms with E-state index in [0.717, 1.165) is 46.5 Å². The van der Waals surface area contributed by atoms with E-state index >= 15 is 0 Å². The number of carbonyl (C=O) groups is 2. The van der Waals surface area contributed by atoms with Gasteiger partial charge in [0.25, 0.3) is 0 Å². The monoisotopic (exact) mass is 635 g/mol. The fraction of sp³-hybridized carbons (Fsp3) is 0.441. The lowest BCUT2D eigenvalue weighted by Gasteiger charge is -2.35. The summed E-state index contributed by atoms with van der Waals surface area (Å²) < 4.78 is 51.9. The third kappa shape index (κ3) is 5.63. The van der Waals surface area contributed by atoms with Crippen molar-refractivity contribution < 1.29 is 32.2 Å². The predicted molar refractivity (Wildman–Crippen MR) is 163 cm³/mol. The minimum Gasteiger partial charge on any atom is -0.485 e. The number of pyridine rings is 1. The van der Waals surface area contributed by atoms with Crippen LogP contribution in [-0.2, 0) is 34.3 Å². The first-order valence-electron chi connectivity index (χ1n) is 15.2. The highest BCUT2D eigenvalue weighted by Gasteiger charge is 2.48.